The normalized spacial score (nSPS) is 10.3. The van der Waals surface area contributed by atoms with Crippen LogP contribution in [0.3, 0.4) is 0 Å². The quantitative estimate of drug-likeness (QED) is 0.757. The molecule has 104 valence electrons. The molecule has 0 saturated carbocycles. The molecular weight excluding hydrogens is 292 g/mol. The molecule has 0 fully saturated rings. The van der Waals surface area contributed by atoms with E-state index < -0.39 is 0 Å². The van der Waals surface area contributed by atoms with Crippen molar-refractivity contribution in [1.82, 2.24) is 0 Å². The highest BCUT2D eigenvalue weighted by atomic mass is 35.5. The Kier molecular flexibility index (Phi) is 5.50. The van der Waals surface area contributed by atoms with E-state index >= 15 is 0 Å². The lowest BCUT2D eigenvalue weighted by atomic mass is 10.1. The van der Waals surface area contributed by atoms with Crippen LogP contribution in [-0.2, 0) is 16.2 Å². The summed E-state index contributed by atoms with van der Waals surface area (Å²) in [5.41, 5.74) is 2.72. The smallest absolute Gasteiger partial charge is 0.338 e. The number of carbonyl (C=O) groups is 1. The van der Waals surface area contributed by atoms with Gasteiger partial charge in [0.25, 0.3) is 0 Å². The van der Waals surface area contributed by atoms with E-state index in [-0.39, 0.29) is 5.97 Å². The van der Waals surface area contributed by atoms with Crippen LogP contribution in [0.5, 0.6) is 0 Å². The minimum absolute atomic E-state index is 0.293. The Labute approximate surface area is 128 Å². The Morgan fingerprint density at radius 3 is 2.35 bits per heavy atom. The molecule has 0 radical (unpaired) electrons. The van der Waals surface area contributed by atoms with Gasteiger partial charge < -0.3 is 4.74 Å². The first-order valence-electron chi connectivity index (χ1n) is 6.19. The van der Waals surface area contributed by atoms with Crippen molar-refractivity contribution < 1.29 is 9.53 Å². The van der Waals surface area contributed by atoms with Crippen molar-refractivity contribution in [3.63, 3.8) is 0 Å². The van der Waals surface area contributed by atoms with Crippen LogP contribution in [0.2, 0.25) is 5.02 Å². The fraction of sp³-hybridized carbons (Fsp3) is 0.188. The van der Waals surface area contributed by atoms with Gasteiger partial charge in [0.15, 0.2) is 0 Å². The van der Waals surface area contributed by atoms with Crippen LogP contribution in [0.15, 0.2) is 48.5 Å². The average Bonchev–Trinajstić information content (AvgIpc) is 2.49. The van der Waals surface area contributed by atoms with Gasteiger partial charge >= 0.3 is 5.97 Å². The fourth-order valence-electron chi connectivity index (χ4n) is 1.84. The molecule has 0 saturated heterocycles. The van der Waals surface area contributed by atoms with Crippen LogP contribution >= 0.6 is 23.4 Å². The van der Waals surface area contributed by atoms with E-state index in [4.69, 9.17) is 16.3 Å². The standard InChI is InChI=1S/C16H15ClO2S/c1-19-16(18)14-8-4-2-6-12(14)10-20-11-13-7-3-5-9-15(13)17/h2-9H,10-11H2,1H3. The van der Waals surface area contributed by atoms with Gasteiger partial charge in [-0.05, 0) is 23.3 Å². The van der Waals surface area contributed by atoms with Crippen LogP contribution in [0.1, 0.15) is 21.5 Å². The Morgan fingerprint density at radius 1 is 1.05 bits per heavy atom. The van der Waals surface area contributed by atoms with Crippen LogP contribution in [-0.4, -0.2) is 13.1 Å². The van der Waals surface area contributed by atoms with E-state index in [0.717, 1.165) is 27.7 Å². The van der Waals surface area contributed by atoms with Crippen molar-refractivity contribution in [2.45, 2.75) is 11.5 Å². The SMILES string of the molecule is COC(=O)c1ccccc1CSCc1ccccc1Cl. The van der Waals surface area contributed by atoms with Gasteiger partial charge in [0.1, 0.15) is 0 Å². The molecule has 4 heteroatoms. The van der Waals surface area contributed by atoms with Gasteiger partial charge in [-0.2, -0.15) is 11.8 Å². The third-order valence-electron chi connectivity index (χ3n) is 2.90. The summed E-state index contributed by atoms with van der Waals surface area (Å²) in [6.07, 6.45) is 0. The molecule has 0 heterocycles. The Morgan fingerprint density at radius 2 is 1.65 bits per heavy atom. The number of hydrogen-bond donors (Lipinski definition) is 0. The first kappa shape index (κ1) is 14.9. The molecule has 2 rings (SSSR count). The second-order valence-electron chi connectivity index (χ2n) is 4.23. The van der Waals surface area contributed by atoms with Gasteiger partial charge in [-0.15, -0.1) is 0 Å². The third kappa shape index (κ3) is 3.78. The highest BCUT2D eigenvalue weighted by Gasteiger charge is 2.10. The van der Waals surface area contributed by atoms with E-state index in [1.54, 1.807) is 17.8 Å². The number of halogens is 1. The molecule has 0 aliphatic carbocycles. The summed E-state index contributed by atoms with van der Waals surface area (Å²) in [5.74, 6) is 1.27. The third-order valence-corrected chi connectivity index (χ3v) is 4.29. The molecule has 0 aromatic heterocycles. The number of esters is 1. The number of carbonyl (C=O) groups excluding carboxylic acids is 1. The first-order valence-corrected chi connectivity index (χ1v) is 7.73. The minimum atomic E-state index is -0.293. The van der Waals surface area contributed by atoms with Gasteiger partial charge in [0.2, 0.25) is 0 Å². The zero-order chi connectivity index (χ0) is 14.4. The van der Waals surface area contributed by atoms with Crippen molar-refractivity contribution >= 4 is 29.3 Å². The number of methoxy groups -OCH3 is 1. The fourth-order valence-corrected chi connectivity index (χ4v) is 3.17. The summed E-state index contributed by atoms with van der Waals surface area (Å²) < 4.78 is 4.79. The maximum Gasteiger partial charge on any atom is 0.338 e. The topological polar surface area (TPSA) is 26.3 Å². The lowest BCUT2D eigenvalue weighted by Gasteiger charge is -2.08. The summed E-state index contributed by atoms with van der Waals surface area (Å²) in [6, 6.07) is 15.3. The number of rotatable bonds is 5. The summed E-state index contributed by atoms with van der Waals surface area (Å²) in [5, 5.41) is 0.779. The van der Waals surface area contributed by atoms with Crippen molar-refractivity contribution in [2.24, 2.45) is 0 Å². The summed E-state index contributed by atoms with van der Waals surface area (Å²) >= 11 is 7.85. The average molecular weight is 307 g/mol. The maximum atomic E-state index is 11.7. The summed E-state index contributed by atoms with van der Waals surface area (Å²) in [6.45, 7) is 0. The molecule has 20 heavy (non-hydrogen) atoms. The molecule has 0 aliphatic heterocycles. The van der Waals surface area contributed by atoms with E-state index in [1.165, 1.54) is 7.11 Å². The van der Waals surface area contributed by atoms with E-state index in [2.05, 4.69) is 0 Å². The highest BCUT2D eigenvalue weighted by Crippen LogP contribution is 2.24. The molecule has 2 aromatic carbocycles. The number of hydrogen-bond acceptors (Lipinski definition) is 3. The van der Waals surface area contributed by atoms with Crippen molar-refractivity contribution in [2.75, 3.05) is 7.11 Å². The summed E-state index contributed by atoms with van der Waals surface area (Å²) in [7, 11) is 1.40. The lowest BCUT2D eigenvalue weighted by Crippen LogP contribution is -2.04. The maximum absolute atomic E-state index is 11.7. The van der Waals surface area contributed by atoms with E-state index in [9.17, 15) is 4.79 Å². The van der Waals surface area contributed by atoms with Crippen LogP contribution in [0.25, 0.3) is 0 Å². The van der Waals surface area contributed by atoms with E-state index in [0.29, 0.717) is 5.56 Å². The molecule has 0 spiro atoms. The Hall–Kier alpha value is -1.45. The molecule has 0 amide bonds. The zero-order valence-electron chi connectivity index (χ0n) is 11.1. The second kappa shape index (κ2) is 7.36. The zero-order valence-corrected chi connectivity index (χ0v) is 12.7. The minimum Gasteiger partial charge on any atom is -0.465 e. The van der Waals surface area contributed by atoms with E-state index in [1.807, 2.05) is 42.5 Å². The molecule has 0 unspecified atom stereocenters. The van der Waals surface area contributed by atoms with Crippen LogP contribution in [0.4, 0.5) is 0 Å². The predicted molar refractivity (Wildman–Crippen MR) is 84.2 cm³/mol. The molecule has 2 nitrogen and oxygen atoms in total. The highest BCUT2D eigenvalue weighted by molar-refractivity contribution is 7.97. The number of benzene rings is 2. The van der Waals surface area contributed by atoms with Gasteiger partial charge in [0.05, 0.1) is 12.7 Å². The van der Waals surface area contributed by atoms with Crippen LogP contribution in [0, 0.1) is 0 Å². The Balaban J connectivity index is 2.01. The first-order chi connectivity index (χ1) is 9.72. The molecular formula is C16H15ClO2S. The van der Waals surface area contributed by atoms with Gasteiger partial charge in [0, 0.05) is 16.5 Å². The van der Waals surface area contributed by atoms with Crippen molar-refractivity contribution in [3.05, 3.63) is 70.2 Å². The van der Waals surface area contributed by atoms with Crippen molar-refractivity contribution in [3.8, 4) is 0 Å². The van der Waals surface area contributed by atoms with Gasteiger partial charge in [-0.25, -0.2) is 4.79 Å². The Bertz CT molecular complexity index is 599. The van der Waals surface area contributed by atoms with Gasteiger partial charge in [-0.3, -0.25) is 0 Å². The monoisotopic (exact) mass is 306 g/mol. The van der Waals surface area contributed by atoms with Crippen LogP contribution < -0.4 is 0 Å². The second-order valence-corrected chi connectivity index (χ2v) is 5.63. The van der Waals surface area contributed by atoms with Gasteiger partial charge in [-0.1, -0.05) is 48.0 Å². The number of thioether (sulfide) groups is 1. The predicted octanol–water partition coefficient (Wildman–Crippen LogP) is 4.56. The molecule has 0 bridgehead atoms. The largest absolute Gasteiger partial charge is 0.465 e. The lowest BCUT2D eigenvalue weighted by molar-refractivity contribution is 0.0600. The molecule has 0 N–H and O–H groups in total. The molecule has 0 atom stereocenters. The summed E-state index contributed by atoms with van der Waals surface area (Å²) in [4.78, 5) is 11.7. The number of ether oxygens (including phenoxy) is 1. The van der Waals surface area contributed by atoms with Crippen molar-refractivity contribution in [1.29, 1.82) is 0 Å². The molecule has 0 aliphatic rings. The molecule has 2 aromatic rings.